The van der Waals surface area contributed by atoms with Gasteiger partial charge in [-0.25, -0.2) is 4.98 Å². The lowest BCUT2D eigenvalue weighted by molar-refractivity contribution is 0.334. The van der Waals surface area contributed by atoms with E-state index in [0.717, 1.165) is 24.6 Å². The maximum atomic E-state index is 11.5. The molecule has 0 bridgehead atoms. The van der Waals surface area contributed by atoms with E-state index >= 15 is 0 Å². The lowest BCUT2D eigenvalue weighted by atomic mass is 9.82. The van der Waals surface area contributed by atoms with E-state index in [1.807, 2.05) is 22.6 Å². The summed E-state index contributed by atoms with van der Waals surface area (Å²) in [6, 6.07) is 0. The van der Waals surface area contributed by atoms with Crippen LogP contribution in [0.3, 0.4) is 0 Å². The van der Waals surface area contributed by atoms with Crippen LogP contribution in [0.15, 0.2) is 11.0 Å². The van der Waals surface area contributed by atoms with Crippen molar-refractivity contribution >= 4 is 22.6 Å². The molecule has 1 aromatic heterocycles. The molecule has 1 aromatic rings. The van der Waals surface area contributed by atoms with Crippen molar-refractivity contribution in [3.63, 3.8) is 0 Å². The van der Waals surface area contributed by atoms with Crippen LogP contribution in [0.2, 0.25) is 0 Å². The maximum Gasteiger partial charge on any atom is 0.264 e. The summed E-state index contributed by atoms with van der Waals surface area (Å²) >= 11 is 2.01. The van der Waals surface area contributed by atoms with Gasteiger partial charge in [-0.1, -0.05) is 19.8 Å². The standard InChI is InChI=1S/C11H15IN2O/c1-7-3-2-4-8(5-7)10-13-6-9(12)11(15)14-10/h6-8H,2-5H2,1H3,(H,13,14,15). The third-order valence-corrected chi connectivity index (χ3v) is 3.87. The maximum absolute atomic E-state index is 11.5. The minimum atomic E-state index is -0.00109. The topological polar surface area (TPSA) is 45.8 Å². The Morgan fingerprint density at radius 2 is 2.33 bits per heavy atom. The fourth-order valence-corrected chi connectivity index (χ4v) is 2.56. The smallest absolute Gasteiger partial charge is 0.264 e. The third-order valence-electron chi connectivity index (χ3n) is 3.10. The van der Waals surface area contributed by atoms with Crippen molar-refractivity contribution in [1.82, 2.24) is 9.97 Å². The number of hydrogen-bond donors (Lipinski definition) is 1. The van der Waals surface area contributed by atoms with Crippen molar-refractivity contribution < 1.29 is 0 Å². The lowest BCUT2D eigenvalue weighted by Crippen LogP contribution is -2.20. The van der Waals surface area contributed by atoms with Crippen LogP contribution >= 0.6 is 22.6 Å². The fourth-order valence-electron chi connectivity index (χ4n) is 2.28. The monoisotopic (exact) mass is 318 g/mol. The highest BCUT2D eigenvalue weighted by Crippen LogP contribution is 2.33. The molecule has 1 heterocycles. The summed E-state index contributed by atoms with van der Waals surface area (Å²) in [6.45, 7) is 2.27. The molecule has 1 saturated carbocycles. The zero-order chi connectivity index (χ0) is 10.8. The number of H-pyrrole nitrogens is 1. The number of nitrogens with one attached hydrogen (secondary N) is 1. The molecule has 0 saturated heterocycles. The molecular weight excluding hydrogens is 303 g/mol. The van der Waals surface area contributed by atoms with E-state index in [1.165, 1.54) is 12.8 Å². The summed E-state index contributed by atoms with van der Waals surface area (Å²) in [4.78, 5) is 18.7. The van der Waals surface area contributed by atoms with Crippen LogP contribution in [0.1, 0.15) is 44.3 Å². The molecule has 15 heavy (non-hydrogen) atoms. The molecule has 0 spiro atoms. The summed E-state index contributed by atoms with van der Waals surface area (Å²) in [6.07, 6.45) is 6.55. The van der Waals surface area contributed by atoms with Crippen molar-refractivity contribution in [2.45, 2.75) is 38.5 Å². The predicted molar refractivity (Wildman–Crippen MR) is 67.9 cm³/mol. The van der Waals surface area contributed by atoms with Crippen LogP contribution < -0.4 is 5.56 Å². The molecule has 1 fully saturated rings. The van der Waals surface area contributed by atoms with Crippen LogP contribution in [0.5, 0.6) is 0 Å². The Balaban J connectivity index is 2.21. The molecule has 2 rings (SSSR count). The summed E-state index contributed by atoms with van der Waals surface area (Å²) in [5.74, 6) is 2.10. The molecule has 0 amide bonds. The molecule has 1 N–H and O–H groups in total. The van der Waals surface area contributed by atoms with Gasteiger partial charge in [0, 0.05) is 12.1 Å². The number of aromatic nitrogens is 2. The van der Waals surface area contributed by atoms with E-state index < -0.39 is 0 Å². The molecular formula is C11H15IN2O. The zero-order valence-electron chi connectivity index (χ0n) is 8.79. The van der Waals surface area contributed by atoms with Gasteiger partial charge in [-0.3, -0.25) is 4.79 Å². The van der Waals surface area contributed by atoms with Crippen molar-refractivity contribution in [3.8, 4) is 0 Å². The number of halogens is 1. The SMILES string of the molecule is CC1CCCC(c2ncc(I)c(=O)[nH]2)C1. The van der Waals surface area contributed by atoms with E-state index in [-0.39, 0.29) is 5.56 Å². The third kappa shape index (κ3) is 2.59. The first-order valence-electron chi connectivity index (χ1n) is 5.41. The van der Waals surface area contributed by atoms with Crippen LogP contribution in [0, 0.1) is 9.49 Å². The van der Waals surface area contributed by atoms with E-state index in [2.05, 4.69) is 16.9 Å². The van der Waals surface area contributed by atoms with Gasteiger partial charge in [0.25, 0.3) is 5.56 Å². The molecule has 82 valence electrons. The van der Waals surface area contributed by atoms with Gasteiger partial charge in [0.05, 0.1) is 3.57 Å². The molecule has 2 atom stereocenters. The number of rotatable bonds is 1. The van der Waals surface area contributed by atoms with Gasteiger partial charge in [0.1, 0.15) is 5.82 Å². The molecule has 0 aliphatic heterocycles. The van der Waals surface area contributed by atoms with Crippen molar-refractivity contribution in [2.24, 2.45) is 5.92 Å². The second-order valence-electron chi connectivity index (χ2n) is 4.41. The Labute approximate surface area is 103 Å². The Hall–Kier alpha value is -0.390. The van der Waals surface area contributed by atoms with E-state index in [1.54, 1.807) is 6.20 Å². The molecule has 1 aliphatic carbocycles. The van der Waals surface area contributed by atoms with E-state index in [4.69, 9.17) is 0 Å². The molecule has 4 heteroatoms. The van der Waals surface area contributed by atoms with E-state index in [0.29, 0.717) is 9.49 Å². The zero-order valence-corrected chi connectivity index (χ0v) is 11.0. The predicted octanol–water partition coefficient (Wildman–Crippen LogP) is 2.67. The second-order valence-corrected chi connectivity index (χ2v) is 5.58. The van der Waals surface area contributed by atoms with Gasteiger partial charge in [-0.05, 0) is 41.4 Å². The highest BCUT2D eigenvalue weighted by molar-refractivity contribution is 14.1. The first kappa shape index (κ1) is 11.1. The summed E-state index contributed by atoms with van der Waals surface area (Å²) in [5.41, 5.74) is -0.00109. The Kier molecular flexibility index (Phi) is 3.43. The summed E-state index contributed by atoms with van der Waals surface area (Å²) in [5, 5.41) is 0. The van der Waals surface area contributed by atoms with Gasteiger partial charge in [-0.2, -0.15) is 0 Å². The molecule has 0 radical (unpaired) electrons. The van der Waals surface area contributed by atoms with Crippen molar-refractivity contribution in [1.29, 1.82) is 0 Å². The molecule has 1 aliphatic rings. The Morgan fingerprint density at radius 3 is 3.00 bits per heavy atom. The minimum Gasteiger partial charge on any atom is -0.309 e. The van der Waals surface area contributed by atoms with E-state index in [9.17, 15) is 4.79 Å². The second kappa shape index (κ2) is 4.63. The number of hydrogen-bond acceptors (Lipinski definition) is 2. The Bertz CT molecular complexity index is 402. The van der Waals surface area contributed by atoms with Gasteiger partial charge < -0.3 is 4.98 Å². The average molecular weight is 318 g/mol. The Morgan fingerprint density at radius 1 is 1.53 bits per heavy atom. The highest BCUT2D eigenvalue weighted by Gasteiger charge is 2.22. The van der Waals surface area contributed by atoms with Crippen LogP contribution in [0.4, 0.5) is 0 Å². The van der Waals surface area contributed by atoms with Crippen molar-refractivity contribution in [2.75, 3.05) is 0 Å². The summed E-state index contributed by atoms with van der Waals surface area (Å²) < 4.78 is 0.667. The molecule has 0 aromatic carbocycles. The number of aromatic amines is 1. The quantitative estimate of drug-likeness (QED) is 0.809. The van der Waals surface area contributed by atoms with Gasteiger partial charge in [0.15, 0.2) is 0 Å². The first-order chi connectivity index (χ1) is 7.16. The van der Waals surface area contributed by atoms with Crippen LogP contribution in [0.25, 0.3) is 0 Å². The van der Waals surface area contributed by atoms with Gasteiger partial charge in [0.2, 0.25) is 0 Å². The largest absolute Gasteiger partial charge is 0.309 e. The molecule has 3 nitrogen and oxygen atoms in total. The summed E-state index contributed by atoms with van der Waals surface area (Å²) in [7, 11) is 0. The highest BCUT2D eigenvalue weighted by atomic mass is 127. The minimum absolute atomic E-state index is 0.00109. The van der Waals surface area contributed by atoms with Gasteiger partial charge >= 0.3 is 0 Å². The van der Waals surface area contributed by atoms with Gasteiger partial charge in [-0.15, -0.1) is 0 Å². The van der Waals surface area contributed by atoms with Crippen molar-refractivity contribution in [3.05, 3.63) is 25.9 Å². The number of nitrogens with zero attached hydrogens (tertiary/aromatic N) is 1. The average Bonchev–Trinajstić information content (AvgIpc) is 2.22. The lowest BCUT2D eigenvalue weighted by Gasteiger charge is -2.25. The van der Waals surface area contributed by atoms with Crippen LogP contribution in [-0.2, 0) is 0 Å². The first-order valence-corrected chi connectivity index (χ1v) is 6.49. The normalized spacial score (nSPS) is 26.5. The molecule has 2 unspecified atom stereocenters. The fraction of sp³-hybridized carbons (Fsp3) is 0.636. The van der Waals surface area contributed by atoms with Crippen LogP contribution in [-0.4, -0.2) is 9.97 Å².